The van der Waals surface area contributed by atoms with Crippen molar-refractivity contribution >= 4 is 10.3 Å². The van der Waals surface area contributed by atoms with Crippen molar-refractivity contribution in [2.24, 2.45) is 0 Å². The lowest BCUT2D eigenvalue weighted by molar-refractivity contribution is -0.744. The standard InChI is InChI=1S/C19H42NO3S/c1-5-6-7-8-9-10-11-12-13-14-15-16-17-18-19-23-24(21,22)20(2,3)4/h5-19H2,1-4H3/q+1. The Labute approximate surface area is 151 Å². The highest BCUT2D eigenvalue weighted by Gasteiger charge is 2.28. The smallest absolute Gasteiger partial charge is 0.226 e. The Morgan fingerprint density at radius 2 is 0.958 bits per heavy atom. The molecule has 0 aliphatic rings. The highest BCUT2D eigenvalue weighted by Crippen LogP contribution is 2.13. The van der Waals surface area contributed by atoms with Crippen LogP contribution in [0.25, 0.3) is 0 Å². The molecule has 0 saturated carbocycles. The first-order valence-electron chi connectivity index (χ1n) is 10.0. The van der Waals surface area contributed by atoms with E-state index in [4.69, 9.17) is 4.18 Å². The third-order valence-corrected chi connectivity index (χ3v) is 6.21. The van der Waals surface area contributed by atoms with E-state index in [2.05, 4.69) is 6.92 Å². The van der Waals surface area contributed by atoms with E-state index >= 15 is 0 Å². The molecule has 0 radical (unpaired) electrons. The van der Waals surface area contributed by atoms with E-state index in [0.29, 0.717) is 6.61 Å². The number of unbranched alkanes of at least 4 members (excludes halogenated alkanes) is 13. The van der Waals surface area contributed by atoms with Crippen LogP contribution in [0.1, 0.15) is 96.8 Å². The van der Waals surface area contributed by atoms with Crippen LogP contribution in [0.2, 0.25) is 0 Å². The Kier molecular flexibility index (Phi) is 14.0. The lowest BCUT2D eigenvalue weighted by atomic mass is 10.0. The van der Waals surface area contributed by atoms with E-state index in [1.807, 2.05) is 0 Å². The number of quaternary nitrogens is 1. The maximum atomic E-state index is 11.7. The van der Waals surface area contributed by atoms with Gasteiger partial charge in [0.25, 0.3) is 0 Å². The fourth-order valence-electron chi connectivity index (χ4n) is 2.62. The zero-order valence-electron chi connectivity index (χ0n) is 16.7. The van der Waals surface area contributed by atoms with Crippen LogP contribution in [-0.4, -0.2) is 40.1 Å². The van der Waals surface area contributed by atoms with Gasteiger partial charge in [-0.25, -0.2) is 8.07 Å². The van der Waals surface area contributed by atoms with Crippen molar-refractivity contribution < 1.29 is 16.5 Å². The van der Waals surface area contributed by atoms with Gasteiger partial charge in [-0.2, -0.15) is 0 Å². The summed E-state index contributed by atoms with van der Waals surface area (Å²) < 4.78 is 28.3. The molecule has 0 aromatic carbocycles. The molecular weight excluding hydrogens is 322 g/mol. The molecule has 0 aromatic heterocycles. The third kappa shape index (κ3) is 13.2. The fourth-order valence-corrected chi connectivity index (χ4v) is 3.26. The lowest BCUT2D eigenvalue weighted by Gasteiger charge is -2.21. The summed E-state index contributed by atoms with van der Waals surface area (Å²) in [6.45, 7) is 2.58. The van der Waals surface area contributed by atoms with Crippen molar-refractivity contribution in [3.63, 3.8) is 0 Å². The van der Waals surface area contributed by atoms with Gasteiger partial charge in [0.1, 0.15) is 0 Å². The maximum Gasteiger partial charge on any atom is 0.434 e. The molecule has 0 heterocycles. The molecule has 0 saturated heterocycles. The molecule has 0 rings (SSSR count). The molecule has 0 fully saturated rings. The van der Waals surface area contributed by atoms with Crippen molar-refractivity contribution in [3.8, 4) is 0 Å². The number of hydrogen-bond donors (Lipinski definition) is 0. The van der Waals surface area contributed by atoms with E-state index in [-0.39, 0.29) is 3.89 Å². The molecular formula is C19H42NO3S+. The molecule has 4 nitrogen and oxygen atoms in total. The summed E-state index contributed by atoms with van der Waals surface area (Å²) >= 11 is 0. The van der Waals surface area contributed by atoms with E-state index in [9.17, 15) is 8.42 Å². The Hall–Kier alpha value is -0.130. The fraction of sp³-hybridized carbons (Fsp3) is 1.00. The minimum Gasteiger partial charge on any atom is -0.226 e. The van der Waals surface area contributed by atoms with E-state index in [1.165, 1.54) is 77.0 Å². The van der Waals surface area contributed by atoms with Crippen molar-refractivity contribution in [2.75, 3.05) is 27.7 Å². The van der Waals surface area contributed by atoms with Crippen LogP contribution in [0.15, 0.2) is 0 Å². The summed E-state index contributed by atoms with van der Waals surface area (Å²) in [6.07, 6.45) is 18.1. The predicted octanol–water partition coefficient (Wildman–Crippen LogP) is 5.44. The highest BCUT2D eigenvalue weighted by molar-refractivity contribution is 7.81. The van der Waals surface area contributed by atoms with Crippen molar-refractivity contribution in [1.29, 1.82) is 0 Å². The average molecular weight is 365 g/mol. The summed E-state index contributed by atoms with van der Waals surface area (Å²) in [5.41, 5.74) is 0. The molecule has 0 atom stereocenters. The second kappa shape index (κ2) is 14.1. The molecule has 0 N–H and O–H groups in total. The number of nitrogens with zero attached hydrogens (tertiary/aromatic N) is 1. The monoisotopic (exact) mass is 364 g/mol. The molecule has 0 aliphatic heterocycles. The zero-order valence-corrected chi connectivity index (χ0v) is 17.5. The highest BCUT2D eigenvalue weighted by atomic mass is 32.2. The summed E-state index contributed by atoms with van der Waals surface area (Å²) in [5.74, 6) is 0. The molecule has 0 bridgehead atoms. The molecule has 24 heavy (non-hydrogen) atoms. The minimum atomic E-state index is -3.48. The van der Waals surface area contributed by atoms with Crippen molar-refractivity contribution in [1.82, 2.24) is 0 Å². The SMILES string of the molecule is CCCCCCCCCCCCCCCCOS(=O)(=O)[N+](C)(C)C. The summed E-state index contributed by atoms with van der Waals surface area (Å²) in [5, 5.41) is 0. The molecule has 0 unspecified atom stereocenters. The Morgan fingerprint density at radius 1 is 0.625 bits per heavy atom. The van der Waals surface area contributed by atoms with Crippen LogP contribution < -0.4 is 0 Å². The van der Waals surface area contributed by atoms with Crippen molar-refractivity contribution in [2.45, 2.75) is 96.8 Å². The van der Waals surface area contributed by atoms with Crippen molar-refractivity contribution in [3.05, 3.63) is 0 Å². The molecule has 5 heteroatoms. The summed E-state index contributed by atoms with van der Waals surface area (Å²) in [6, 6.07) is 0. The normalized spacial score (nSPS) is 12.7. The van der Waals surface area contributed by atoms with Crippen LogP contribution in [-0.2, 0) is 14.5 Å². The second-order valence-corrected chi connectivity index (χ2v) is 9.92. The molecule has 0 spiro atoms. The maximum absolute atomic E-state index is 11.7. The van der Waals surface area contributed by atoms with E-state index in [1.54, 1.807) is 21.1 Å². The lowest BCUT2D eigenvalue weighted by Crippen LogP contribution is -2.42. The van der Waals surface area contributed by atoms with Gasteiger partial charge in [-0.1, -0.05) is 90.4 Å². The molecule has 0 aromatic rings. The van der Waals surface area contributed by atoms with Gasteiger partial charge in [0.15, 0.2) is 0 Å². The first-order valence-corrected chi connectivity index (χ1v) is 11.4. The second-order valence-electron chi connectivity index (χ2n) is 7.74. The third-order valence-electron chi connectivity index (χ3n) is 4.40. The van der Waals surface area contributed by atoms with Crippen LogP contribution in [0, 0.1) is 0 Å². The quantitative estimate of drug-likeness (QED) is 0.255. The molecule has 0 aliphatic carbocycles. The molecule has 0 amide bonds. The van der Waals surface area contributed by atoms with Gasteiger partial charge < -0.3 is 0 Å². The van der Waals surface area contributed by atoms with Crippen LogP contribution in [0.5, 0.6) is 0 Å². The van der Waals surface area contributed by atoms with E-state index in [0.717, 1.165) is 12.8 Å². The van der Waals surface area contributed by atoms with Crippen LogP contribution in [0.4, 0.5) is 0 Å². The first kappa shape index (κ1) is 23.9. The van der Waals surface area contributed by atoms with Gasteiger partial charge in [-0.05, 0) is 6.42 Å². The van der Waals surface area contributed by atoms with Gasteiger partial charge in [0.05, 0.1) is 27.7 Å². The summed E-state index contributed by atoms with van der Waals surface area (Å²) in [4.78, 5) is 0. The Balaban J connectivity index is 3.27. The van der Waals surface area contributed by atoms with Gasteiger partial charge in [0, 0.05) is 0 Å². The average Bonchev–Trinajstić information content (AvgIpc) is 2.50. The summed E-state index contributed by atoms with van der Waals surface area (Å²) in [7, 11) is 1.36. The zero-order chi connectivity index (χ0) is 18.3. The minimum absolute atomic E-state index is 0.175. The predicted molar refractivity (Wildman–Crippen MR) is 103 cm³/mol. The Morgan fingerprint density at radius 3 is 1.29 bits per heavy atom. The Bertz CT molecular complexity index is 375. The van der Waals surface area contributed by atoms with E-state index < -0.39 is 10.3 Å². The largest absolute Gasteiger partial charge is 0.434 e. The number of rotatable bonds is 17. The topological polar surface area (TPSA) is 43.4 Å². The first-order chi connectivity index (χ1) is 11.3. The van der Waals surface area contributed by atoms with Crippen LogP contribution >= 0.6 is 0 Å². The van der Waals surface area contributed by atoms with Gasteiger partial charge in [-0.15, -0.1) is 8.42 Å². The van der Waals surface area contributed by atoms with Gasteiger partial charge in [0.2, 0.25) is 0 Å². The number of hydrogen-bond acceptors (Lipinski definition) is 3. The van der Waals surface area contributed by atoms with Gasteiger partial charge >= 0.3 is 10.3 Å². The van der Waals surface area contributed by atoms with Crippen LogP contribution in [0.3, 0.4) is 0 Å². The molecule has 146 valence electrons. The van der Waals surface area contributed by atoms with Gasteiger partial charge in [-0.3, -0.25) is 0 Å².